The van der Waals surface area contributed by atoms with E-state index in [2.05, 4.69) is 4.98 Å². The lowest BCUT2D eigenvalue weighted by Gasteiger charge is -2.12. The Bertz CT molecular complexity index is 690. The number of fused-ring (bicyclic) bond motifs is 1. The van der Waals surface area contributed by atoms with Crippen molar-refractivity contribution in [1.82, 2.24) is 4.98 Å². The number of ether oxygens (including phenoxy) is 2. The van der Waals surface area contributed by atoms with Crippen LogP contribution in [0.25, 0.3) is 10.9 Å². The first-order chi connectivity index (χ1) is 9.96. The average Bonchev–Trinajstić information content (AvgIpc) is 2.46. The zero-order valence-electron chi connectivity index (χ0n) is 11.6. The minimum absolute atomic E-state index is 0.103. The lowest BCUT2D eigenvalue weighted by Crippen LogP contribution is -2.32. The second kappa shape index (κ2) is 6.15. The summed E-state index contributed by atoms with van der Waals surface area (Å²) >= 11 is 6.09. The monoisotopic (exact) mass is 310 g/mol. The molecule has 0 aliphatic rings. The SMILES string of the molecule is COc1cc2cc(CC(N)C(=O)O)c(Cl)nc2cc1OC. The van der Waals surface area contributed by atoms with Crippen LogP contribution in [0.15, 0.2) is 18.2 Å². The highest BCUT2D eigenvalue weighted by atomic mass is 35.5. The molecule has 0 aliphatic heterocycles. The number of rotatable bonds is 5. The van der Waals surface area contributed by atoms with Crippen LogP contribution in [0.1, 0.15) is 5.56 Å². The first kappa shape index (κ1) is 15.3. The van der Waals surface area contributed by atoms with Crippen LogP contribution in [0.5, 0.6) is 11.5 Å². The summed E-state index contributed by atoms with van der Waals surface area (Å²) in [7, 11) is 3.07. The molecule has 0 aliphatic carbocycles. The molecule has 1 aromatic heterocycles. The minimum Gasteiger partial charge on any atom is -0.493 e. The number of methoxy groups -OCH3 is 2. The van der Waals surface area contributed by atoms with E-state index >= 15 is 0 Å². The molecule has 1 atom stereocenters. The summed E-state index contributed by atoms with van der Waals surface area (Å²) in [4.78, 5) is 15.1. The second-order valence-electron chi connectivity index (χ2n) is 4.49. The van der Waals surface area contributed by atoms with Gasteiger partial charge in [0.05, 0.1) is 19.7 Å². The Hall–Kier alpha value is -2.05. The molecule has 3 N–H and O–H groups in total. The molecule has 0 saturated carbocycles. The number of benzene rings is 1. The summed E-state index contributed by atoms with van der Waals surface area (Å²) in [5.41, 5.74) is 6.74. The fourth-order valence-corrected chi connectivity index (χ4v) is 2.21. The van der Waals surface area contributed by atoms with Gasteiger partial charge in [-0.15, -0.1) is 0 Å². The number of carboxylic acid groups (broad SMARTS) is 1. The minimum atomic E-state index is -1.08. The van der Waals surface area contributed by atoms with Gasteiger partial charge in [-0.3, -0.25) is 4.79 Å². The van der Waals surface area contributed by atoms with Crippen molar-refractivity contribution in [3.63, 3.8) is 0 Å². The largest absolute Gasteiger partial charge is 0.493 e. The molecule has 0 spiro atoms. The first-order valence-electron chi connectivity index (χ1n) is 6.15. The highest BCUT2D eigenvalue weighted by Crippen LogP contribution is 2.33. The van der Waals surface area contributed by atoms with Gasteiger partial charge >= 0.3 is 5.97 Å². The number of nitrogens with zero attached hydrogens (tertiary/aromatic N) is 1. The van der Waals surface area contributed by atoms with E-state index in [-0.39, 0.29) is 11.6 Å². The van der Waals surface area contributed by atoms with Crippen LogP contribution in [0.3, 0.4) is 0 Å². The summed E-state index contributed by atoms with van der Waals surface area (Å²) < 4.78 is 10.4. The number of nitrogens with two attached hydrogens (primary N) is 1. The fraction of sp³-hybridized carbons (Fsp3) is 0.286. The third-order valence-electron chi connectivity index (χ3n) is 3.10. The van der Waals surface area contributed by atoms with E-state index < -0.39 is 12.0 Å². The van der Waals surface area contributed by atoms with Gasteiger partial charge in [0.1, 0.15) is 11.2 Å². The quantitative estimate of drug-likeness (QED) is 0.819. The smallest absolute Gasteiger partial charge is 0.320 e. The van der Waals surface area contributed by atoms with Crippen LogP contribution >= 0.6 is 11.6 Å². The third-order valence-corrected chi connectivity index (χ3v) is 3.43. The third kappa shape index (κ3) is 3.17. The molecule has 7 heteroatoms. The van der Waals surface area contributed by atoms with Crippen molar-refractivity contribution in [2.75, 3.05) is 14.2 Å². The number of carbonyl (C=O) groups is 1. The maximum absolute atomic E-state index is 10.8. The van der Waals surface area contributed by atoms with Gasteiger partial charge in [0, 0.05) is 17.9 Å². The van der Waals surface area contributed by atoms with Gasteiger partial charge in [-0.2, -0.15) is 0 Å². The standard InChI is InChI=1S/C14H15ClN2O4/c1-20-11-5-7-3-8(4-9(16)14(18)19)13(15)17-10(7)6-12(11)21-2/h3,5-6,9H,4,16H2,1-2H3,(H,18,19). The highest BCUT2D eigenvalue weighted by Gasteiger charge is 2.16. The Morgan fingerprint density at radius 3 is 2.52 bits per heavy atom. The van der Waals surface area contributed by atoms with Crippen molar-refractivity contribution in [1.29, 1.82) is 0 Å². The van der Waals surface area contributed by atoms with Gasteiger partial charge in [-0.25, -0.2) is 4.98 Å². The van der Waals surface area contributed by atoms with E-state index in [1.54, 1.807) is 18.2 Å². The molecule has 2 aromatic rings. The van der Waals surface area contributed by atoms with Gasteiger partial charge in [0.25, 0.3) is 0 Å². The van der Waals surface area contributed by atoms with Gasteiger partial charge in [0.2, 0.25) is 0 Å². The summed E-state index contributed by atoms with van der Waals surface area (Å²) in [6.07, 6.45) is 0.103. The number of hydrogen-bond acceptors (Lipinski definition) is 5. The Labute approximate surface area is 126 Å². The number of aliphatic carboxylic acids is 1. The van der Waals surface area contributed by atoms with Crippen molar-refractivity contribution in [3.8, 4) is 11.5 Å². The maximum Gasteiger partial charge on any atom is 0.320 e. The number of pyridine rings is 1. The van der Waals surface area contributed by atoms with E-state index in [0.29, 0.717) is 22.6 Å². The molecular formula is C14H15ClN2O4. The molecule has 1 aromatic carbocycles. The Morgan fingerprint density at radius 1 is 1.33 bits per heavy atom. The van der Waals surface area contributed by atoms with Crippen LogP contribution < -0.4 is 15.2 Å². The van der Waals surface area contributed by atoms with E-state index in [9.17, 15) is 4.79 Å². The lowest BCUT2D eigenvalue weighted by molar-refractivity contribution is -0.138. The summed E-state index contributed by atoms with van der Waals surface area (Å²) in [5, 5.41) is 9.87. The fourth-order valence-electron chi connectivity index (χ4n) is 1.99. The number of halogens is 1. The predicted molar refractivity (Wildman–Crippen MR) is 79.2 cm³/mol. The van der Waals surface area contributed by atoms with Gasteiger partial charge in [-0.05, 0) is 17.7 Å². The van der Waals surface area contributed by atoms with E-state index in [4.69, 9.17) is 31.9 Å². The first-order valence-corrected chi connectivity index (χ1v) is 6.53. The summed E-state index contributed by atoms with van der Waals surface area (Å²) in [6, 6.07) is 4.20. The molecular weight excluding hydrogens is 296 g/mol. The van der Waals surface area contributed by atoms with Crippen LogP contribution in [0.2, 0.25) is 5.15 Å². The Balaban J connectivity index is 2.51. The molecule has 112 valence electrons. The molecule has 0 amide bonds. The van der Waals surface area contributed by atoms with E-state index in [1.165, 1.54) is 14.2 Å². The molecule has 1 unspecified atom stereocenters. The molecule has 6 nitrogen and oxygen atoms in total. The molecule has 1 heterocycles. The predicted octanol–water partition coefficient (Wildman–Crippen LogP) is 1.86. The van der Waals surface area contributed by atoms with Crippen LogP contribution in [0, 0.1) is 0 Å². The zero-order valence-corrected chi connectivity index (χ0v) is 12.3. The van der Waals surface area contributed by atoms with Crippen LogP contribution in [-0.2, 0) is 11.2 Å². The van der Waals surface area contributed by atoms with Crippen molar-refractivity contribution in [3.05, 3.63) is 28.9 Å². The maximum atomic E-state index is 10.8. The molecule has 0 radical (unpaired) electrons. The van der Waals surface area contributed by atoms with Crippen molar-refractivity contribution >= 4 is 28.5 Å². The van der Waals surface area contributed by atoms with Gasteiger partial charge in [0.15, 0.2) is 11.5 Å². The molecule has 2 rings (SSSR count). The highest BCUT2D eigenvalue weighted by molar-refractivity contribution is 6.30. The molecule has 0 fully saturated rings. The van der Waals surface area contributed by atoms with Gasteiger partial charge in [-0.1, -0.05) is 11.6 Å². The van der Waals surface area contributed by atoms with Gasteiger partial charge < -0.3 is 20.3 Å². The average molecular weight is 311 g/mol. The van der Waals surface area contributed by atoms with Crippen LogP contribution in [-0.4, -0.2) is 36.3 Å². The zero-order chi connectivity index (χ0) is 15.6. The van der Waals surface area contributed by atoms with Crippen molar-refractivity contribution in [2.45, 2.75) is 12.5 Å². The Kier molecular flexibility index (Phi) is 4.50. The van der Waals surface area contributed by atoms with E-state index in [0.717, 1.165) is 5.39 Å². The van der Waals surface area contributed by atoms with Crippen LogP contribution in [0.4, 0.5) is 0 Å². The Morgan fingerprint density at radius 2 is 1.95 bits per heavy atom. The van der Waals surface area contributed by atoms with E-state index in [1.807, 2.05) is 0 Å². The summed E-state index contributed by atoms with van der Waals surface area (Å²) in [5.74, 6) is 0.0182. The lowest BCUT2D eigenvalue weighted by atomic mass is 10.1. The normalized spacial score (nSPS) is 12.2. The van der Waals surface area contributed by atoms with Crippen molar-refractivity contribution < 1.29 is 19.4 Å². The molecule has 21 heavy (non-hydrogen) atoms. The van der Waals surface area contributed by atoms with Crippen molar-refractivity contribution in [2.24, 2.45) is 5.73 Å². The molecule has 0 bridgehead atoms. The second-order valence-corrected chi connectivity index (χ2v) is 4.85. The molecule has 0 saturated heterocycles. The number of carboxylic acids is 1. The number of hydrogen-bond donors (Lipinski definition) is 2. The topological polar surface area (TPSA) is 94.7 Å². The number of aromatic nitrogens is 1. The summed E-state index contributed by atoms with van der Waals surface area (Å²) in [6.45, 7) is 0.